The van der Waals surface area contributed by atoms with Crippen molar-refractivity contribution in [3.8, 4) is 0 Å². The van der Waals surface area contributed by atoms with Gasteiger partial charge in [0.2, 0.25) is 10.0 Å². The van der Waals surface area contributed by atoms with Gasteiger partial charge in [0, 0.05) is 19.1 Å². The lowest BCUT2D eigenvalue weighted by atomic mass is 10.1. The van der Waals surface area contributed by atoms with Crippen molar-refractivity contribution in [2.75, 3.05) is 20.2 Å². The maximum Gasteiger partial charge on any atom is 0.338 e. The first kappa shape index (κ1) is 22.9. The monoisotopic (exact) mass is 404 g/mol. The Balaban J connectivity index is 0.00000338. The molecule has 0 amide bonds. The Bertz CT molecular complexity index is 659. The Morgan fingerprint density at radius 1 is 1.12 bits per heavy atom. The van der Waals surface area contributed by atoms with Crippen LogP contribution >= 0.6 is 12.4 Å². The molecule has 1 aromatic rings. The number of hydrogen-bond donors (Lipinski definition) is 2. The van der Waals surface area contributed by atoms with Crippen LogP contribution in [0.15, 0.2) is 24.3 Å². The highest BCUT2D eigenvalue weighted by Crippen LogP contribution is 2.17. The third kappa shape index (κ3) is 7.61. The number of benzene rings is 1. The molecule has 0 unspecified atom stereocenters. The Morgan fingerprint density at radius 3 is 2.42 bits per heavy atom. The van der Waals surface area contributed by atoms with Crippen LogP contribution < -0.4 is 10.0 Å². The average molecular weight is 405 g/mol. The van der Waals surface area contributed by atoms with E-state index in [2.05, 4.69) is 10.0 Å². The van der Waals surface area contributed by atoms with Gasteiger partial charge in [-0.05, 0) is 24.5 Å². The van der Waals surface area contributed by atoms with Crippen molar-refractivity contribution >= 4 is 28.4 Å². The molecule has 8 heteroatoms. The van der Waals surface area contributed by atoms with Crippen molar-refractivity contribution in [1.82, 2.24) is 10.0 Å². The van der Waals surface area contributed by atoms with E-state index in [1.54, 1.807) is 24.3 Å². The van der Waals surface area contributed by atoms with E-state index in [1.807, 2.05) is 0 Å². The van der Waals surface area contributed by atoms with Gasteiger partial charge in [-0.3, -0.25) is 0 Å². The van der Waals surface area contributed by atoms with Gasteiger partial charge >= 0.3 is 5.97 Å². The van der Waals surface area contributed by atoms with Crippen molar-refractivity contribution in [3.05, 3.63) is 35.4 Å². The minimum Gasteiger partial charge on any atom is -0.465 e. The fourth-order valence-corrected chi connectivity index (χ4v) is 4.35. The maximum atomic E-state index is 12.3. The molecule has 0 atom stereocenters. The summed E-state index contributed by atoms with van der Waals surface area (Å²) in [7, 11) is -2.22. The summed E-state index contributed by atoms with van der Waals surface area (Å²) in [5.74, 6) is -0.761. The lowest BCUT2D eigenvalue weighted by Crippen LogP contribution is -2.37. The minimum absolute atomic E-state index is 0. The van der Waals surface area contributed by atoms with Crippen LogP contribution in [0, 0.1) is 0 Å². The van der Waals surface area contributed by atoms with E-state index in [0.29, 0.717) is 24.7 Å². The van der Waals surface area contributed by atoms with Crippen LogP contribution in [-0.2, 0) is 20.5 Å². The van der Waals surface area contributed by atoms with Crippen molar-refractivity contribution in [3.63, 3.8) is 0 Å². The molecule has 0 aliphatic heterocycles. The quantitative estimate of drug-likeness (QED) is 0.395. The second-order valence-corrected chi connectivity index (χ2v) is 8.25. The molecular weight excluding hydrogens is 376 g/mol. The fraction of sp³-hybridized carbons (Fsp3) is 0.611. The van der Waals surface area contributed by atoms with Gasteiger partial charge in [-0.2, -0.15) is 0 Å². The zero-order valence-electron chi connectivity index (χ0n) is 15.2. The number of hydrogen-bond acceptors (Lipinski definition) is 5. The molecule has 0 saturated heterocycles. The normalized spacial score (nSPS) is 15.7. The Hall–Kier alpha value is -1.15. The Labute approximate surface area is 162 Å². The van der Waals surface area contributed by atoms with Crippen LogP contribution in [0.5, 0.6) is 0 Å². The molecule has 2 rings (SSSR count). The molecule has 1 aliphatic carbocycles. The zero-order chi connectivity index (χ0) is 18.1. The summed E-state index contributed by atoms with van der Waals surface area (Å²) in [6.07, 6.45) is 7.41. The average Bonchev–Trinajstić information content (AvgIpc) is 2.87. The van der Waals surface area contributed by atoms with Gasteiger partial charge < -0.3 is 10.1 Å². The number of carbonyl (C=O) groups excluding carboxylic acids is 1. The van der Waals surface area contributed by atoms with E-state index in [0.717, 1.165) is 0 Å². The van der Waals surface area contributed by atoms with Crippen LogP contribution in [0.25, 0.3) is 0 Å². The number of halogens is 1. The molecule has 0 spiro atoms. The van der Waals surface area contributed by atoms with Gasteiger partial charge in [0.25, 0.3) is 0 Å². The van der Waals surface area contributed by atoms with Crippen LogP contribution in [0.3, 0.4) is 0 Å². The highest BCUT2D eigenvalue weighted by molar-refractivity contribution is 7.88. The first-order valence-electron chi connectivity index (χ1n) is 8.89. The number of methoxy groups -OCH3 is 1. The molecule has 1 saturated carbocycles. The Kier molecular flexibility index (Phi) is 10.2. The largest absolute Gasteiger partial charge is 0.465 e. The van der Waals surface area contributed by atoms with Gasteiger partial charge in [0.15, 0.2) is 0 Å². The molecular formula is C18H29ClN2O4S. The number of ether oxygens (including phenoxy) is 1. The molecule has 148 valence electrons. The zero-order valence-corrected chi connectivity index (χ0v) is 16.8. The predicted octanol–water partition coefficient (Wildman–Crippen LogP) is 2.63. The predicted molar refractivity (Wildman–Crippen MR) is 105 cm³/mol. The number of rotatable bonds is 8. The molecule has 2 N–H and O–H groups in total. The van der Waals surface area contributed by atoms with E-state index in [4.69, 9.17) is 4.74 Å². The number of carbonyl (C=O) groups is 1. The number of esters is 1. The van der Waals surface area contributed by atoms with Crippen molar-refractivity contribution < 1.29 is 17.9 Å². The smallest absolute Gasteiger partial charge is 0.338 e. The third-order valence-corrected chi connectivity index (χ3v) is 5.84. The van der Waals surface area contributed by atoms with E-state index >= 15 is 0 Å². The van der Waals surface area contributed by atoms with Gasteiger partial charge in [0.05, 0.1) is 18.4 Å². The highest BCUT2D eigenvalue weighted by Gasteiger charge is 2.18. The SMILES string of the molecule is COC(=O)c1ccccc1CS(=O)(=O)NCCNC1CCCCCC1.Cl. The lowest BCUT2D eigenvalue weighted by molar-refractivity contribution is 0.0600. The minimum atomic E-state index is -3.51. The standard InChI is InChI=1S/C18H28N2O4S.ClH/c1-24-18(21)17-11-7-6-8-15(17)14-25(22,23)20-13-12-19-16-9-4-2-3-5-10-16;/h6-8,11,16,19-20H,2-5,9-10,12-14H2,1H3;1H. The van der Waals surface area contributed by atoms with Crippen molar-refractivity contribution in [2.24, 2.45) is 0 Å². The number of nitrogens with one attached hydrogen (secondary N) is 2. The van der Waals surface area contributed by atoms with Crippen LogP contribution in [-0.4, -0.2) is 40.6 Å². The second-order valence-electron chi connectivity index (χ2n) is 6.44. The molecule has 0 heterocycles. The topological polar surface area (TPSA) is 84.5 Å². The molecule has 26 heavy (non-hydrogen) atoms. The summed E-state index contributed by atoms with van der Waals surface area (Å²) in [4.78, 5) is 11.7. The highest BCUT2D eigenvalue weighted by atomic mass is 35.5. The first-order valence-corrected chi connectivity index (χ1v) is 10.5. The summed E-state index contributed by atoms with van der Waals surface area (Å²) in [5, 5.41) is 3.44. The molecule has 0 aromatic heterocycles. The van der Waals surface area contributed by atoms with E-state index in [1.165, 1.54) is 45.6 Å². The summed E-state index contributed by atoms with van der Waals surface area (Å²) >= 11 is 0. The van der Waals surface area contributed by atoms with Crippen molar-refractivity contribution in [2.45, 2.75) is 50.3 Å². The van der Waals surface area contributed by atoms with Gasteiger partial charge in [-0.25, -0.2) is 17.9 Å². The second kappa shape index (κ2) is 11.5. The van der Waals surface area contributed by atoms with E-state index in [9.17, 15) is 13.2 Å². The molecule has 1 aromatic carbocycles. The fourth-order valence-electron chi connectivity index (χ4n) is 3.18. The summed E-state index contributed by atoms with van der Waals surface area (Å²) < 4.78 is 31.9. The summed E-state index contributed by atoms with van der Waals surface area (Å²) in [6, 6.07) is 7.10. The van der Waals surface area contributed by atoms with Gasteiger partial charge in [-0.1, -0.05) is 43.9 Å². The molecule has 6 nitrogen and oxygen atoms in total. The molecule has 0 bridgehead atoms. The van der Waals surface area contributed by atoms with E-state index < -0.39 is 16.0 Å². The number of sulfonamides is 1. The van der Waals surface area contributed by atoms with Gasteiger partial charge in [0.1, 0.15) is 0 Å². The molecule has 1 aliphatic rings. The van der Waals surface area contributed by atoms with Crippen LogP contribution in [0.4, 0.5) is 0 Å². The third-order valence-electron chi connectivity index (χ3n) is 4.50. The van der Waals surface area contributed by atoms with Crippen LogP contribution in [0.1, 0.15) is 54.4 Å². The van der Waals surface area contributed by atoms with E-state index in [-0.39, 0.29) is 23.7 Å². The molecule has 1 fully saturated rings. The Morgan fingerprint density at radius 2 is 1.77 bits per heavy atom. The van der Waals surface area contributed by atoms with Crippen LogP contribution in [0.2, 0.25) is 0 Å². The van der Waals surface area contributed by atoms with Gasteiger partial charge in [-0.15, -0.1) is 12.4 Å². The summed E-state index contributed by atoms with van der Waals surface area (Å²) in [6.45, 7) is 0.960. The van der Waals surface area contributed by atoms with Crippen molar-refractivity contribution in [1.29, 1.82) is 0 Å². The lowest BCUT2D eigenvalue weighted by Gasteiger charge is -2.16. The molecule has 0 radical (unpaired) electrons. The maximum absolute atomic E-state index is 12.3. The first-order chi connectivity index (χ1) is 12.0. The summed E-state index contributed by atoms with van der Waals surface area (Å²) in [5.41, 5.74) is 0.727.